The number of amides is 1. The van der Waals surface area contributed by atoms with Crippen LogP contribution >= 0.6 is 12.2 Å². The van der Waals surface area contributed by atoms with Crippen LogP contribution in [0.1, 0.15) is 10.4 Å². The summed E-state index contributed by atoms with van der Waals surface area (Å²) < 4.78 is 4.93. The number of non-ortho nitro benzene ring substituents is 1. The highest BCUT2D eigenvalue weighted by atomic mass is 32.1. The molecule has 0 bridgehead atoms. The maximum absolute atomic E-state index is 12.1. The fraction of sp³-hybridized carbons (Fsp3) is 0.0667. The minimum absolute atomic E-state index is 0.0209. The van der Waals surface area contributed by atoms with Crippen LogP contribution in [-0.2, 0) is 0 Å². The third-order valence-electron chi connectivity index (χ3n) is 3.20. The van der Waals surface area contributed by atoms with Gasteiger partial charge < -0.3 is 10.1 Å². The average Bonchev–Trinajstić information content (AvgIpc) is 2.61. The van der Waals surface area contributed by atoms with E-state index in [9.17, 15) is 25.0 Å². The molecule has 0 saturated carbocycles. The predicted octanol–water partition coefficient (Wildman–Crippen LogP) is 2.64. The van der Waals surface area contributed by atoms with Crippen molar-refractivity contribution in [1.29, 1.82) is 0 Å². The van der Waals surface area contributed by atoms with E-state index in [1.54, 1.807) is 0 Å². The summed E-state index contributed by atoms with van der Waals surface area (Å²) in [6.07, 6.45) is 0. The zero-order valence-corrected chi connectivity index (χ0v) is 14.1. The van der Waals surface area contributed by atoms with E-state index in [-0.39, 0.29) is 33.5 Å². The standard InChI is InChI=1S/C15H12N4O6S/c1-25-11-5-6-12(13(8-11)19(23)24)16-15(26)17-14(20)9-3-2-4-10(7-9)18(21)22/h2-8H,1H3,(H2,16,17,20,26). The first-order valence-corrected chi connectivity index (χ1v) is 7.42. The minimum atomic E-state index is -0.692. The number of rotatable bonds is 5. The third kappa shape index (κ3) is 4.48. The Labute approximate surface area is 152 Å². The number of thiocarbonyl (C=S) groups is 1. The summed E-state index contributed by atoms with van der Waals surface area (Å²) in [4.78, 5) is 32.8. The van der Waals surface area contributed by atoms with Crippen LogP contribution in [0.2, 0.25) is 0 Å². The Balaban J connectivity index is 2.14. The number of carbonyl (C=O) groups is 1. The molecule has 0 atom stereocenters. The summed E-state index contributed by atoms with van der Waals surface area (Å²) in [6.45, 7) is 0. The van der Waals surface area contributed by atoms with Crippen molar-refractivity contribution in [1.82, 2.24) is 5.32 Å². The largest absolute Gasteiger partial charge is 0.496 e. The molecule has 0 fully saturated rings. The van der Waals surface area contributed by atoms with Crippen molar-refractivity contribution in [2.24, 2.45) is 0 Å². The number of nitrogens with one attached hydrogen (secondary N) is 2. The number of nitro benzene ring substituents is 2. The normalized spacial score (nSPS) is 9.88. The highest BCUT2D eigenvalue weighted by molar-refractivity contribution is 7.80. The van der Waals surface area contributed by atoms with E-state index in [4.69, 9.17) is 17.0 Å². The Hall–Kier alpha value is -3.60. The first kappa shape index (κ1) is 18.7. The number of methoxy groups -OCH3 is 1. The van der Waals surface area contributed by atoms with Crippen LogP contribution < -0.4 is 15.4 Å². The lowest BCUT2D eigenvalue weighted by Gasteiger charge is -2.10. The Morgan fingerprint density at radius 3 is 2.46 bits per heavy atom. The summed E-state index contributed by atoms with van der Waals surface area (Å²) in [5.74, 6) is -0.406. The second kappa shape index (κ2) is 7.98. The van der Waals surface area contributed by atoms with Crippen molar-refractivity contribution >= 4 is 40.3 Å². The number of anilines is 1. The predicted molar refractivity (Wildman–Crippen MR) is 96.4 cm³/mol. The van der Waals surface area contributed by atoms with Crippen LogP contribution in [0.3, 0.4) is 0 Å². The Morgan fingerprint density at radius 2 is 1.85 bits per heavy atom. The van der Waals surface area contributed by atoms with Gasteiger partial charge in [-0.2, -0.15) is 0 Å². The van der Waals surface area contributed by atoms with Gasteiger partial charge in [0.15, 0.2) is 5.11 Å². The second-order valence-electron chi connectivity index (χ2n) is 4.86. The molecule has 0 radical (unpaired) electrons. The van der Waals surface area contributed by atoms with E-state index in [0.717, 1.165) is 6.07 Å². The summed E-state index contributed by atoms with van der Waals surface area (Å²) in [5, 5.41) is 26.5. The van der Waals surface area contributed by atoms with Gasteiger partial charge in [0.05, 0.1) is 23.0 Å². The highest BCUT2D eigenvalue weighted by Gasteiger charge is 2.18. The Bertz CT molecular complexity index is 901. The molecule has 0 aliphatic heterocycles. The number of hydrogen-bond acceptors (Lipinski definition) is 7. The number of carbonyl (C=O) groups excluding carboxylic acids is 1. The lowest BCUT2D eigenvalue weighted by Crippen LogP contribution is -2.34. The first-order valence-electron chi connectivity index (χ1n) is 7.01. The molecule has 2 N–H and O–H groups in total. The first-order chi connectivity index (χ1) is 12.3. The van der Waals surface area contributed by atoms with Crippen LogP contribution in [0.4, 0.5) is 17.1 Å². The minimum Gasteiger partial charge on any atom is -0.496 e. The van der Waals surface area contributed by atoms with Crippen molar-refractivity contribution in [3.8, 4) is 5.75 Å². The molecule has 0 saturated heterocycles. The number of nitro groups is 2. The van der Waals surface area contributed by atoms with Gasteiger partial charge in [-0.25, -0.2) is 0 Å². The lowest BCUT2D eigenvalue weighted by atomic mass is 10.2. The maximum Gasteiger partial charge on any atom is 0.296 e. The average molecular weight is 376 g/mol. The molecule has 11 heteroatoms. The molecular formula is C15H12N4O6S. The fourth-order valence-corrected chi connectivity index (χ4v) is 2.19. The third-order valence-corrected chi connectivity index (χ3v) is 3.40. The molecular weight excluding hydrogens is 364 g/mol. The zero-order chi connectivity index (χ0) is 19.3. The van der Waals surface area contributed by atoms with E-state index in [0.29, 0.717) is 0 Å². The van der Waals surface area contributed by atoms with E-state index < -0.39 is 15.8 Å². The molecule has 2 aromatic rings. The SMILES string of the molecule is COc1ccc(NC(=S)NC(=O)c2cccc([N+](=O)[O-])c2)c([N+](=O)[O-])c1. The van der Waals surface area contributed by atoms with Gasteiger partial charge in [-0.15, -0.1) is 0 Å². The number of nitrogens with zero attached hydrogens (tertiary/aromatic N) is 2. The molecule has 26 heavy (non-hydrogen) atoms. The van der Waals surface area contributed by atoms with Crippen molar-refractivity contribution in [3.63, 3.8) is 0 Å². The molecule has 0 spiro atoms. The molecule has 0 aliphatic rings. The smallest absolute Gasteiger partial charge is 0.296 e. The Kier molecular flexibility index (Phi) is 5.75. The van der Waals surface area contributed by atoms with Gasteiger partial charge in [0.25, 0.3) is 17.3 Å². The van der Waals surface area contributed by atoms with Crippen LogP contribution in [0.25, 0.3) is 0 Å². The Morgan fingerprint density at radius 1 is 1.12 bits per heavy atom. The number of benzene rings is 2. The van der Waals surface area contributed by atoms with Gasteiger partial charge in [-0.1, -0.05) is 6.07 Å². The highest BCUT2D eigenvalue weighted by Crippen LogP contribution is 2.28. The van der Waals surface area contributed by atoms with Crippen LogP contribution in [0, 0.1) is 20.2 Å². The van der Waals surface area contributed by atoms with Crippen molar-refractivity contribution in [2.45, 2.75) is 0 Å². The van der Waals surface area contributed by atoms with Crippen LogP contribution in [0.5, 0.6) is 5.75 Å². The topological polar surface area (TPSA) is 137 Å². The van der Waals surface area contributed by atoms with Gasteiger partial charge in [-0.3, -0.25) is 30.3 Å². The quantitative estimate of drug-likeness (QED) is 0.461. The van der Waals surface area contributed by atoms with E-state index in [2.05, 4.69) is 10.6 Å². The van der Waals surface area contributed by atoms with Gasteiger partial charge in [0, 0.05) is 17.7 Å². The number of hydrogen-bond donors (Lipinski definition) is 2. The summed E-state index contributed by atoms with van der Waals surface area (Å²) in [6, 6.07) is 9.14. The van der Waals surface area contributed by atoms with Gasteiger partial charge in [0.1, 0.15) is 11.4 Å². The van der Waals surface area contributed by atoms with Crippen molar-refractivity contribution in [2.75, 3.05) is 12.4 Å². The van der Waals surface area contributed by atoms with E-state index >= 15 is 0 Å². The molecule has 0 unspecified atom stereocenters. The van der Waals surface area contributed by atoms with Gasteiger partial charge in [0.2, 0.25) is 0 Å². The van der Waals surface area contributed by atoms with Crippen LogP contribution in [0.15, 0.2) is 42.5 Å². The van der Waals surface area contributed by atoms with E-state index in [1.165, 1.54) is 43.5 Å². The maximum atomic E-state index is 12.1. The van der Waals surface area contributed by atoms with Crippen molar-refractivity contribution < 1.29 is 19.4 Å². The molecule has 134 valence electrons. The van der Waals surface area contributed by atoms with Gasteiger partial charge >= 0.3 is 0 Å². The van der Waals surface area contributed by atoms with E-state index in [1.807, 2.05) is 0 Å². The molecule has 2 aromatic carbocycles. The molecule has 0 aromatic heterocycles. The van der Waals surface area contributed by atoms with Crippen molar-refractivity contribution in [3.05, 3.63) is 68.3 Å². The molecule has 2 rings (SSSR count). The molecule has 10 nitrogen and oxygen atoms in total. The number of ether oxygens (including phenoxy) is 1. The monoisotopic (exact) mass is 376 g/mol. The lowest BCUT2D eigenvalue weighted by molar-refractivity contribution is -0.384. The zero-order valence-electron chi connectivity index (χ0n) is 13.3. The summed E-state index contributed by atoms with van der Waals surface area (Å²) >= 11 is 4.97. The molecule has 0 heterocycles. The summed E-state index contributed by atoms with van der Waals surface area (Å²) in [7, 11) is 1.37. The molecule has 0 aliphatic carbocycles. The molecule has 1 amide bonds. The second-order valence-corrected chi connectivity index (χ2v) is 5.26. The van der Waals surface area contributed by atoms with Crippen LogP contribution in [-0.4, -0.2) is 28.0 Å². The summed E-state index contributed by atoms with van der Waals surface area (Å²) in [5.41, 5.74) is -0.466. The fourth-order valence-electron chi connectivity index (χ4n) is 1.98. The van der Waals surface area contributed by atoms with Gasteiger partial charge in [-0.05, 0) is 30.4 Å².